The van der Waals surface area contributed by atoms with Crippen LogP contribution in [0, 0.1) is 10.8 Å². The molecule has 0 aromatic heterocycles. The molecule has 0 aromatic rings. The summed E-state index contributed by atoms with van der Waals surface area (Å²) in [5, 5.41) is 19.9. The molecule has 0 fully saturated rings. The van der Waals surface area contributed by atoms with Crippen molar-refractivity contribution in [2.24, 2.45) is 10.8 Å². The molecule has 0 heterocycles. The Bertz CT molecular complexity index is 400. The maximum absolute atomic E-state index is 12.1. The Morgan fingerprint density at radius 3 is 0.900 bits per heavy atom. The van der Waals surface area contributed by atoms with Crippen LogP contribution in [0.1, 0.15) is 143 Å². The zero-order valence-corrected chi connectivity index (χ0v) is 20.4. The first-order valence-corrected chi connectivity index (χ1v) is 12.8. The predicted molar refractivity (Wildman–Crippen MR) is 126 cm³/mol. The van der Waals surface area contributed by atoms with Crippen LogP contribution < -0.4 is 0 Å². The minimum absolute atomic E-state index is 0.556. The van der Waals surface area contributed by atoms with Crippen molar-refractivity contribution in [3.63, 3.8) is 0 Å². The fourth-order valence-electron chi connectivity index (χ4n) is 4.73. The number of carboxylic acids is 2. The van der Waals surface area contributed by atoms with Crippen molar-refractivity contribution in [1.29, 1.82) is 0 Å². The monoisotopic (exact) mass is 426 g/mol. The summed E-state index contributed by atoms with van der Waals surface area (Å²) in [5.41, 5.74) is -1.11. The molecule has 0 rings (SSSR count). The van der Waals surface area contributed by atoms with Gasteiger partial charge in [0, 0.05) is 0 Å². The minimum Gasteiger partial charge on any atom is -0.481 e. The average molecular weight is 427 g/mol. The van der Waals surface area contributed by atoms with Crippen LogP contribution in [0.3, 0.4) is 0 Å². The molecule has 0 aliphatic carbocycles. The van der Waals surface area contributed by atoms with Crippen LogP contribution >= 0.6 is 0 Å². The van der Waals surface area contributed by atoms with Gasteiger partial charge in [-0.25, -0.2) is 0 Å². The fourth-order valence-corrected chi connectivity index (χ4v) is 4.73. The van der Waals surface area contributed by atoms with Gasteiger partial charge in [-0.1, -0.05) is 105 Å². The van der Waals surface area contributed by atoms with Crippen molar-refractivity contribution in [2.45, 2.75) is 143 Å². The maximum atomic E-state index is 12.1. The summed E-state index contributed by atoms with van der Waals surface area (Å²) in [7, 11) is 0. The zero-order valence-electron chi connectivity index (χ0n) is 20.4. The van der Waals surface area contributed by atoms with Gasteiger partial charge < -0.3 is 10.2 Å². The lowest BCUT2D eigenvalue weighted by Crippen LogP contribution is -2.31. The van der Waals surface area contributed by atoms with E-state index in [4.69, 9.17) is 0 Å². The van der Waals surface area contributed by atoms with Crippen LogP contribution in [0.2, 0.25) is 0 Å². The molecule has 0 saturated carbocycles. The van der Waals surface area contributed by atoms with Gasteiger partial charge in [-0.15, -0.1) is 0 Å². The first-order valence-electron chi connectivity index (χ1n) is 12.8. The summed E-state index contributed by atoms with van der Waals surface area (Å²) in [6, 6.07) is 0. The Kier molecular flexibility index (Phi) is 16.0. The van der Waals surface area contributed by atoms with E-state index in [0.29, 0.717) is 0 Å². The number of hydrogen-bond acceptors (Lipinski definition) is 2. The van der Waals surface area contributed by atoms with Crippen LogP contribution in [0.4, 0.5) is 0 Å². The Morgan fingerprint density at radius 1 is 0.467 bits per heavy atom. The van der Waals surface area contributed by atoms with Crippen molar-refractivity contribution in [3.05, 3.63) is 0 Å². The highest BCUT2D eigenvalue weighted by Crippen LogP contribution is 2.39. The van der Waals surface area contributed by atoms with E-state index < -0.39 is 22.8 Å². The molecule has 0 aromatic carbocycles. The standard InChI is InChI=1S/C26H50O4/c1-5-9-17-25(23(27)28,18-10-6-2)21-15-13-14-16-22-26(24(29)30,19-11-7-3)20-12-8-4/h5-22H2,1-4H3,(H,27,28)(H,29,30). The summed E-state index contributed by atoms with van der Waals surface area (Å²) in [5.74, 6) is -1.23. The number of carbonyl (C=O) groups is 2. The molecule has 0 unspecified atom stereocenters. The number of carboxylic acid groups (broad SMARTS) is 2. The van der Waals surface area contributed by atoms with E-state index >= 15 is 0 Å². The highest BCUT2D eigenvalue weighted by molar-refractivity contribution is 5.75. The van der Waals surface area contributed by atoms with Crippen LogP contribution in [0.5, 0.6) is 0 Å². The molecule has 0 spiro atoms. The second-order valence-corrected chi connectivity index (χ2v) is 9.50. The van der Waals surface area contributed by atoms with Crippen molar-refractivity contribution in [1.82, 2.24) is 0 Å². The molecule has 2 N–H and O–H groups in total. The van der Waals surface area contributed by atoms with E-state index in [1.807, 2.05) is 0 Å². The molecule has 4 heteroatoms. The Balaban J connectivity index is 4.71. The summed E-state index contributed by atoms with van der Waals surface area (Å²) >= 11 is 0. The van der Waals surface area contributed by atoms with Crippen molar-refractivity contribution in [3.8, 4) is 0 Å². The van der Waals surface area contributed by atoms with Crippen molar-refractivity contribution >= 4 is 11.9 Å². The number of hydrogen-bond donors (Lipinski definition) is 2. The van der Waals surface area contributed by atoms with Gasteiger partial charge in [-0.05, 0) is 38.5 Å². The molecule has 0 atom stereocenters. The van der Waals surface area contributed by atoms with Gasteiger partial charge in [0.1, 0.15) is 0 Å². The Morgan fingerprint density at radius 2 is 0.700 bits per heavy atom. The van der Waals surface area contributed by atoms with Gasteiger partial charge in [0.05, 0.1) is 10.8 Å². The van der Waals surface area contributed by atoms with Gasteiger partial charge in [0.15, 0.2) is 0 Å². The van der Waals surface area contributed by atoms with E-state index in [9.17, 15) is 19.8 Å². The fraction of sp³-hybridized carbons (Fsp3) is 0.923. The Labute approximate surface area is 186 Å². The lowest BCUT2D eigenvalue weighted by Gasteiger charge is -2.30. The number of rotatable bonds is 21. The molecule has 0 aliphatic heterocycles. The summed E-state index contributed by atoms with van der Waals surface area (Å²) < 4.78 is 0. The minimum atomic E-state index is -0.617. The molecular formula is C26H50O4. The number of aliphatic carboxylic acids is 2. The summed E-state index contributed by atoms with van der Waals surface area (Å²) in [6.45, 7) is 8.49. The first-order chi connectivity index (χ1) is 14.3. The van der Waals surface area contributed by atoms with E-state index in [1.54, 1.807) is 0 Å². The summed E-state index contributed by atoms with van der Waals surface area (Å²) in [6.07, 6.45) is 16.6. The predicted octanol–water partition coefficient (Wildman–Crippen LogP) is 8.23. The maximum Gasteiger partial charge on any atom is 0.309 e. The van der Waals surface area contributed by atoms with Gasteiger partial charge >= 0.3 is 11.9 Å². The van der Waals surface area contributed by atoms with Gasteiger partial charge in [0.25, 0.3) is 0 Å². The molecule has 30 heavy (non-hydrogen) atoms. The second-order valence-electron chi connectivity index (χ2n) is 9.50. The topological polar surface area (TPSA) is 74.6 Å². The van der Waals surface area contributed by atoms with E-state index in [1.165, 1.54) is 0 Å². The smallest absolute Gasteiger partial charge is 0.309 e. The Hall–Kier alpha value is -1.06. The summed E-state index contributed by atoms with van der Waals surface area (Å²) in [4.78, 5) is 24.2. The molecule has 4 nitrogen and oxygen atoms in total. The SMILES string of the molecule is CCCCC(CCCC)(CCCCCCC(CCCC)(CCCC)C(=O)O)C(=O)O. The second kappa shape index (κ2) is 16.6. The van der Waals surface area contributed by atoms with Crippen LogP contribution in [0.25, 0.3) is 0 Å². The van der Waals surface area contributed by atoms with Crippen LogP contribution in [-0.4, -0.2) is 22.2 Å². The van der Waals surface area contributed by atoms with Gasteiger partial charge in [-0.2, -0.15) is 0 Å². The van der Waals surface area contributed by atoms with Crippen molar-refractivity contribution in [2.75, 3.05) is 0 Å². The molecule has 178 valence electrons. The largest absolute Gasteiger partial charge is 0.481 e. The first kappa shape index (κ1) is 28.9. The molecule has 0 radical (unpaired) electrons. The third kappa shape index (κ3) is 10.3. The third-order valence-corrected chi connectivity index (χ3v) is 7.00. The van der Waals surface area contributed by atoms with E-state index in [-0.39, 0.29) is 0 Å². The zero-order chi connectivity index (χ0) is 22.9. The van der Waals surface area contributed by atoms with Crippen LogP contribution in [-0.2, 0) is 9.59 Å². The van der Waals surface area contributed by atoms with E-state index in [0.717, 1.165) is 116 Å². The quantitative estimate of drug-likeness (QED) is 0.181. The van der Waals surface area contributed by atoms with Crippen LogP contribution in [0.15, 0.2) is 0 Å². The molecule has 0 amide bonds. The van der Waals surface area contributed by atoms with E-state index in [2.05, 4.69) is 27.7 Å². The molecular weight excluding hydrogens is 376 g/mol. The molecule has 0 saturated heterocycles. The lowest BCUT2D eigenvalue weighted by molar-refractivity contribution is -0.151. The molecule has 0 aliphatic rings. The highest BCUT2D eigenvalue weighted by atomic mass is 16.4. The van der Waals surface area contributed by atoms with Gasteiger partial charge in [-0.3, -0.25) is 9.59 Å². The van der Waals surface area contributed by atoms with Gasteiger partial charge in [0.2, 0.25) is 0 Å². The molecule has 0 bridgehead atoms. The third-order valence-electron chi connectivity index (χ3n) is 7.00. The number of unbranched alkanes of at least 4 members (excludes halogenated alkanes) is 7. The normalized spacial score (nSPS) is 12.3. The lowest BCUT2D eigenvalue weighted by atomic mass is 9.73. The average Bonchev–Trinajstić information content (AvgIpc) is 2.73. The van der Waals surface area contributed by atoms with Crippen molar-refractivity contribution < 1.29 is 19.8 Å². The highest BCUT2D eigenvalue weighted by Gasteiger charge is 2.37.